The molecule has 0 saturated heterocycles. The molecule has 2 rings (SSSR count). The normalized spacial score (nSPS) is 23.7. The first-order valence-electron chi connectivity index (χ1n) is 4.88. The van der Waals surface area contributed by atoms with Gasteiger partial charge in [-0.2, -0.15) is 0 Å². The van der Waals surface area contributed by atoms with Crippen LogP contribution in [-0.2, 0) is 10.0 Å². The number of pyridine rings is 1. The predicted molar refractivity (Wildman–Crippen MR) is 63.6 cm³/mol. The summed E-state index contributed by atoms with van der Waals surface area (Å²) in [5.41, 5.74) is 0. The number of nitrogens with one attached hydrogen (secondary N) is 1. The van der Waals surface area contributed by atoms with Gasteiger partial charge in [0.25, 0.3) is 0 Å². The molecule has 0 spiro atoms. The topological polar surface area (TPSA) is 79.3 Å². The quantitative estimate of drug-likeness (QED) is 0.814. The summed E-state index contributed by atoms with van der Waals surface area (Å²) in [5, 5.41) is 8.99. The molecule has 0 radical (unpaired) electrons. The van der Waals surface area contributed by atoms with Gasteiger partial charge in [0, 0.05) is 18.8 Å². The summed E-state index contributed by atoms with van der Waals surface area (Å²) in [4.78, 5) is 3.64. The van der Waals surface area contributed by atoms with Crippen molar-refractivity contribution in [3.63, 3.8) is 0 Å². The number of aromatic nitrogens is 1. The molecule has 0 aromatic carbocycles. The maximum atomic E-state index is 11.9. The highest BCUT2D eigenvalue weighted by Gasteiger charge is 2.39. The van der Waals surface area contributed by atoms with Crippen molar-refractivity contribution in [3.8, 4) is 0 Å². The number of halogens is 2. The van der Waals surface area contributed by atoms with E-state index in [-0.39, 0.29) is 33.6 Å². The number of nitrogens with zero attached hydrogens (tertiary/aromatic N) is 1. The van der Waals surface area contributed by atoms with Crippen LogP contribution >= 0.6 is 23.2 Å². The molecular weight excluding hydrogens is 287 g/mol. The van der Waals surface area contributed by atoms with Crippen molar-refractivity contribution in [3.05, 3.63) is 22.4 Å². The van der Waals surface area contributed by atoms with Crippen molar-refractivity contribution in [2.75, 3.05) is 6.61 Å². The number of hydrogen-bond donors (Lipinski definition) is 2. The summed E-state index contributed by atoms with van der Waals surface area (Å²) in [5.74, 6) is 0.000469. The van der Waals surface area contributed by atoms with Crippen LogP contribution in [0.3, 0.4) is 0 Å². The molecule has 1 saturated carbocycles. The second-order valence-electron chi connectivity index (χ2n) is 3.85. The van der Waals surface area contributed by atoms with Crippen molar-refractivity contribution in [2.45, 2.75) is 17.4 Å². The van der Waals surface area contributed by atoms with E-state index in [9.17, 15) is 8.42 Å². The average molecular weight is 297 g/mol. The van der Waals surface area contributed by atoms with Gasteiger partial charge in [0.05, 0.1) is 5.02 Å². The largest absolute Gasteiger partial charge is 0.396 e. The van der Waals surface area contributed by atoms with E-state index in [4.69, 9.17) is 28.3 Å². The zero-order valence-corrected chi connectivity index (χ0v) is 10.9. The lowest BCUT2D eigenvalue weighted by Crippen LogP contribution is -2.27. The minimum Gasteiger partial charge on any atom is -0.396 e. The molecule has 0 unspecified atom stereocenters. The smallest absolute Gasteiger partial charge is 0.242 e. The van der Waals surface area contributed by atoms with E-state index in [1.807, 2.05) is 0 Å². The summed E-state index contributed by atoms with van der Waals surface area (Å²) in [6.07, 6.45) is 1.79. The molecule has 0 bridgehead atoms. The van der Waals surface area contributed by atoms with Gasteiger partial charge in [0.15, 0.2) is 0 Å². The van der Waals surface area contributed by atoms with Gasteiger partial charge < -0.3 is 5.11 Å². The minimum atomic E-state index is -3.65. The van der Waals surface area contributed by atoms with Gasteiger partial charge in [-0.15, -0.1) is 0 Å². The van der Waals surface area contributed by atoms with Crippen LogP contribution in [0.2, 0.25) is 10.2 Å². The first kappa shape index (κ1) is 13.0. The lowest BCUT2D eigenvalue weighted by Gasteiger charge is -2.06. The Morgan fingerprint density at radius 3 is 2.76 bits per heavy atom. The first-order valence-corrected chi connectivity index (χ1v) is 7.12. The molecule has 2 N–H and O–H groups in total. The number of sulfonamides is 1. The van der Waals surface area contributed by atoms with Crippen molar-refractivity contribution >= 4 is 33.2 Å². The van der Waals surface area contributed by atoms with E-state index in [1.54, 1.807) is 0 Å². The Morgan fingerprint density at radius 1 is 1.53 bits per heavy atom. The molecule has 2 atom stereocenters. The molecule has 94 valence electrons. The highest BCUT2D eigenvalue weighted by molar-refractivity contribution is 7.89. The maximum absolute atomic E-state index is 11.9. The number of aliphatic hydroxyl groups is 1. The Hall–Kier alpha value is -0.400. The SMILES string of the molecule is O=S(=O)(N[C@@H]1C[C@@H]1CO)c1cnc(Cl)c(Cl)c1. The number of aliphatic hydroxyl groups excluding tert-OH is 1. The fraction of sp³-hybridized carbons (Fsp3) is 0.444. The van der Waals surface area contributed by atoms with Gasteiger partial charge in [-0.05, 0) is 18.4 Å². The van der Waals surface area contributed by atoms with Crippen molar-refractivity contribution in [1.29, 1.82) is 0 Å². The molecule has 1 aromatic heterocycles. The van der Waals surface area contributed by atoms with Crippen molar-refractivity contribution in [2.24, 2.45) is 5.92 Å². The van der Waals surface area contributed by atoms with Gasteiger partial charge in [0.1, 0.15) is 10.0 Å². The molecule has 0 aliphatic heterocycles. The molecule has 1 aromatic rings. The monoisotopic (exact) mass is 296 g/mol. The Labute approximate surface area is 109 Å². The van der Waals surface area contributed by atoms with Crippen molar-refractivity contribution in [1.82, 2.24) is 9.71 Å². The highest BCUT2D eigenvalue weighted by atomic mass is 35.5. The Balaban J connectivity index is 2.17. The van der Waals surface area contributed by atoms with Crippen LogP contribution in [0.15, 0.2) is 17.2 Å². The third-order valence-corrected chi connectivity index (χ3v) is 4.69. The molecular formula is C9H10Cl2N2O3S. The maximum Gasteiger partial charge on any atom is 0.242 e. The van der Waals surface area contributed by atoms with Crippen LogP contribution in [0.25, 0.3) is 0 Å². The van der Waals surface area contributed by atoms with Crippen LogP contribution in [0.4, 0.5) is 0 Å². The molecule has 1 heterocycles. The molecule has 1 aliphatic rings. The lowest BCUT2D eigenvalue weighted by molar-refractivity contribution is 0.273. The van der Waals surface area contributed by atoms with E-state index in [2.05, 4.69) is 9.71 Å². The highest BCUT2D eigenvalue weighted by Crippen LogP contribution is 2.31. The third kappa shape index (κ3) is 2.89. The Bertz CT molecular complexity index is 535. The zero-order valence-electron chi connectivity index (χ0n) is 8.60. The molecule has 5 nitrogen and oxygen atoms in total. The fourth-order valence-corrected chi connectivity index (χ4v) is 3.03. The first-order chi connectivity index (χ1) is 7.94. The van der Waals surface area contributed by atoms with Gasteiger partial charge in [-0.25, -0.2) is 18.1 Å². The Morgan fingerprint density at radius 2 is 2.24 bits per heavy atom. The molecule has 1 fully saturated rings. The average Bonchev–Trinajstić information content (AvgIpc) is 2.99. The summed E-state index contributed by atoms with van der Waals surface area (Å²) < 4.78 is 26.2. The van der Waals surface area contributed by atoms with Crippen LogP contribution in [0.1, 0.15) is 6.42 Å². The molecule has 0 amide bonds. The van der Waals surface area contributed by atoms with Crippen molar-refractivity contribution < 1.29 is 13.5 Å². The van der Waals surface area contributed by atoms with Gasteiger partial charge >= 0.3 is 0 Å². The lowest BCUT2D eigenvalue weighted by atomic mass is 10.4. The molecule has 1 aliphatic carbocycles. The fourth-order valence-electron chi connectivity index (χ4n) is 1.41. The zero-order chi connectivity index (χ0) is 12.6. The summed E-state index contributed by atoms with van der Waals surface area (Å²) in [7, 11) is -3.65. The van der Waals surface area contributed by atoms with E-state index >= 15 is 0 Å². The van der Waals surface area contributed by atoms with Crippen LogP contribution in [0, 0.1) is 5.92 Å². The standard InChI is InChI=1S/C9H10Cl2N2O3S/c10-7-2-6(3-12-9(7)11)17(15,16)13-8-1-5(8)4-14/h2-3,5,8,13-14H,1,4H2/t5-,8-/m1/s1. The second kappa shape index (κ2) is 4.70. The molecule has 8 heteroatoms. The molecule has 17 heavy (non-hydrogen) atoms. The van der Waals surface area contributed by atoms with E-state index in [1.165, 1.54) is 6.07 Å². The van der Waals surface area contributed by atoms with Gasteiger partial charge in [-0.3, -0.25) is 0 Å². The Kier molecular flexibility index (Phi) is 3.61. The van der Waals surface area contributed by atoms with Crippen LogP contribution in [0.5, 0.6) is 0 Å². The summed E-state index contributed by atoms with van der Waals surface area (Å²) in [6.45, 7) is -0.0210. The third-order valence-electron chi connectivity index (χ3n) is 2.55. The van der Waals surface area contributed by atoms with Gasteiger partial charge in [-0.1, -0.05) is 23.2 Å². The summed E-state index contributed by atoms with van der Waals surface area (Å²) >= 11 is 11.3. The second-order valence-corrected chi connectivity index (χ2v) is 6.33. The number of rotatable bonds is 4. The van der Waals surface area contributed by atoms with Crippen LogP contribution < -0.4 is 4.72 Å². The minimum absolute atomic E-state index is 0.000469. The van der Waals surface area contributed by atoms with Gasteiger partial charge in [0.2, 0.25) is 10.0 Å². The van der Waals surface area contributed by atoms with Crippen LogP contribution in [-0.4, -0.2) is 31.2 Å². The predicted octanol–water partition coefficient (Wildman–Crippen LogP) is 1.05. The summed E-state index contributed by atoms with van der Waals surface area (Å²) in [6, 6.07) is 1.04. The van der Waals surface area contributed by atoms with E-state index in [0.717, 1.165) is 6.20 Å². The number of hydrogen-bond acceptors (Lipinski definition) is 4. The van der Waals surface area contributed by atoms with E-state index < -0.39 is 10.0 Å². The van der Waals surface area contributed by atoms with E-state index in [0.29, 0.717) is 6.42 Å².